The Labute approximate surface area is 42.6 Å². The molecule has 31 valence electrons. The van der Waals surface area contributed by atoms with Crippen LogP contribution in [0.15, 0.2) is 10.2 Å². The van der Waals surface area contributed by atoms with Crippen LogP contribution in [0.4, 0.5) is 0 Å². The topological polar surface area (TPSA) is 24.7 Å². The summed E-state index contributed by atoms with van der Waals surface area (Å²) in [6.07, 6.45) is 0. The first-order chi connectivity index (χ1) is 2.89. The lowest BCUT2D eigenvalue weighted by molar-refractivity contribution is 1.29. The van der Waals surface area contributed by atoms with E-state index >= 15 is 0 Å². The molecule has 2 nitrogen and oxygen atoms in total. The third-order valence-corrected chi connectivity index (χ3v) is 1.36. The van der Waals surface area contributed by atoms with Crippen LogP contribution >= 0.6 is 0 Å². The fourth-order valence-electron chi connectivity index (χ4n) is 0.154. The molecule has 4 heteroatoms. The van der Waals surface area contributed by atoms with Crippen LogP contribution in [0, 0.1) is 0 Å². The smallest absolute Gasteiger partial charge is 0.150 e. The summed E-state index contributed by atoms with van der Waals surface area (Å²) in [5.41, 5.74) is 4.16. The van der Waals surface area contributed by atoms with Crippen LogP contribution in [0.25, 0.3) is 0 Å². The molecule has 0 saturated carbocycles. The van der Waals surface area contributed by atoms with Crippen LogP contribution in [0.2, 0.25) is 0 Å². The molecule has 1 aliphatic heterocycles. The summed E-state index contributed by atoms with van der Waals surface area (Å²) in [5.74, 6) is 0. The van der Waals surface area contributed by atoms with Gasteiger partial charge in [-0.05, 0) is 20.6 Å². The van der Waals surface area contributed by atoms with Crippen molar-refractivity contribution in [3.63, 3.8) is 0 Å². The van der Waals surface area contributed by atoms with Gasteiger partial charge in [-0.1, -0.05) is 0 Å². The zero-order valence-electron chi connectivity index (χ0n) is 2.79. The Balaban J connectivity index is 2.86. The Morgan fingerprint density at radius 1 is 1.83 bits per heavy atom. The van der Waals surface area contributed by atoms with E-state index < -0.39 is 0 Å². The van der Waals surface area contributed by atoms with Crippen molar-refractivity contribution in [2.75, 3.05) is 0 Å². The molecular formula is C2HN2S2. The Morgan fingerprint density at radius 3 is 2.83 bits per heavy atom. The first-order valence-electron chi connectivity index (χ1n) is 1.29. The quantitative estimate of drug-likeness (QED) is 0.436. The van der Waals surface area contributed by atoms with E-state index in [1.54, 1.807) is 5.55 Å². The van der Waals surface area contributed by atoms with Gasteiger partial charge < -0.3 is 0 Å². The van der Waals surface area contributed by atoms with Gasteiger partial charge in [0.25, 0.3) is 0 Å². The fraction of sp³-hybridized carbons (Fsp3) is 0. The lowest BCUT2D eigenvalue weighted by Crippen LogP contribution is -1.78. The average Bonchev–Trinajstić information content (AvgIpc) is 1.86. The normalized spacial score (nSPS) is 20.0. The van der Waals surface area contributed by atoms with Crippen molar-refractivity contribution < 1.29 is 0 Å². The highest BCUT2D eigenvalue weighted by molar-refractivity contribution is 8.43. The second-order valence-corrected chi connectivity index (χ2v) is 2.78. The zero-order valence-corrected chi connectivity index (χ0v) is 4.42. The van der Waals surface area contributed by atoms with E-state index in [2.05, 4.69) is 26.9 Å². The van der Waals surface area contributed by atoms with Gasteiger partial charge in [0.15, 0.2) is 5.55 Å². The van der Waals surface area contributed by atoms with Crippen LogP contribution < -0.4 is 0 Å². The highest BCUT2D eigenvalue weighted by Crippen LogP contribution is 1.82. The van der Waals surface area contributed by atoms with Crippen molar-refractivity contribution in [1.29, 1.82) is 0 Å². The molecule has 0 saturated heterocycles. The monoisotopic (exact) mass is 117 g/mol. The summed E-state index contributed by atoms with van der Waals surface area (Å²) >= 11 is 4.68. The third-order valence-electron chi connectivity index (χ3n) is 0.331. The van der Waals surface area contributed by atoms with E-state index in [1.807, 2.05) is 0 Å². The summed E-state index contributed by atoms with van der Waals surface area (Å²) in [5, 5.41) is 6.85. The van der Waals surface area contributed by atoms with Gasteiger partial charge in [0.05, 0.1) is 5.55 Å². The molecule has 0 spiro atoms. The highest BCUT2D eigenvalue weighted by atomic mass is 32.8. The average molecular weight is 117 g/mol. The molecule has 0 bridgehead atoms. The Bertz CT molecular complexity index is 112. The Morgan fingerprint density at radius 2 is 2.67 bits per heavy atom. The third kappa shape index (κ3) is 0.693. The molecule has 1 radical (unpaired) electrons. The first-order valence-corrected chi connectivity index (χ1v) is 3.50. The van der Waals surface area contributed by atoms with Crippen molar-refractivity contribution >= 4 is 31.7 Å². The summed E-state index contributed by atoms with van der Waals surface area (Å²) in [6.45, 7) is 0. The standard InChI is InChI=1S/C2HN2S2/c5-6-1-3-4-2-6/h1H. The van der Waals surface area contributed by atoms with Crippen LogP contribution in [0.1, 0.15) is 0 Å². The van der Waals surface area contributed by atoms with E-state index in [0.717, 1.165) is 0 Å². The van der Waals surface area contributed by atoms with Gasteiger partial charge in [-0.25, -0.2) is 0 Å². The maximum absolute atomic E-state index is 4.68. The molecule has 1 unspecified atom stereocenters. The maximum Gasteiger partial charge on any atom is 0.163 e. The van der Waals surface area contributed by atoms with Crippen molar-refractivity contribution in [2.45, 2.75) is 0 Å². The van der Waals surface area contributed by atoms with Gasteiger partial charge in [0, 0.05) is 0 Å². The van der Waals surface area contributed by atoms with Gasteiger partial charge in [-0.15, -0.1) is 5.10 Å². The fourth-order valence-corrected chi connectivity index (χ4v) is 0.677. The highest BCUT2D eigenvalue weighted by Gasteiger charge is 1.86. The van der Waals surface area contributed by atoms with Crippen LogP contribution in [0.3, 0.4) is 0 Å². The van der Waals surface area contributed by atoms with Gasteiger partial charge in [-0.3, -0.25) is 0 Å². The molecule has 0 aromatic carbocycles. The minimum atomic E-state index is -0.298. The molecular weight excluding hydrogens is 116 g/mol. The Kier molecular flexibility index (Phi) is 1.07. The second-order valence-electron chi connectivity index (χ2n) is 0.710. The molecule has 1 atom stereocenters. The van der Waals surface area contributed by atoms with Crippen molar-refractivity contribution in [2.24, 2.45) is 10.2 Å². The van der Waals surface area contributed by atoms with E-state index in [0.29, 0.717) is 0 Å². The SMILES string of the molecule is S=S1[C]=NN=C1. The molecule has 1 aliphatic rings. The van der Waals surface area contributed by atoms with Crippen LogP contribution in [-0.2, 0) is 20.6 Å². The van der Waals surface area contributed by atoms with Gasteiger partial charge in [-0.2, -0.15) is 5.10 Å². The van der Waals surface area contributed by atoms with Crippen LogP contribution in [0.5, 0.6) is 0 Å². The van der Waals surface area contributed by atoms with Gasteiger partial charge in [0.2, 0.25) is 0 Å². The first kappa shape index (κ1) is 4.08. The molecule has 1 rings (SSSR count). The minimum absolute atomic E-state index is 0.298. The van der Waals surface area contributed by atoms with E-state index in [4.69, 9.17) is 0 Å². The lowest BCUT2D eigenvalue weighted by atomic mass is 11.6. The largest absolute Gasteiger partial charge is 0.163 e. The Hall–Kier alpha value is -0.0900. The summed E-state index contributed by atoms with van der Waals surface area (Å²) in [4.78, 5) is 0. The van der Waals surface area contributed by atoms with E-state index in [1.165, 1.54) is 0 Å². The summed E-state index contributed by atoms with van der Waals surface area (Å²) in [7, 11) is -0.298. The molecule has 6 heavy (non-hydrogen) atoms. The molecule has 1 heterocycles. The number of rotatable bonds is 0. The second kappa shape index (κ2) is 1.57. The molecule has 0 aromatic heterocycles. The van der Waals surface area contributed by atoms with Crippen LogP contribution in [-0.4, -0.2) is 11.1 Å². The van der Waals surface area contributed by atoms with E-state index in [9.17, 15) is 0 Å². The zero-order chi connectivity index (χ0) is 4.41. The molecule has 0 fully saturated rings. The maximum atomic E-state index is 4.68. The molecule has 0 N–H and O–H groups in total. The van der Waals surface area contributed by atoms with Gasteiger partial charge >= 0.3 is 0 Å². The van der Waals surface area contributed by atoms with Gasteiger partial charge in [0.1, 0.15) is 0 Å². The number of hydrogen-bond donors (Lipinski definition) is 0. The van der Waals surface area contributed by atoms with Crippen molar-refractivity contribution in [3.05, 3.63) is 0 Å². The number of nitrogens with zero attached hydrogens (tertiary/aromatic N) is 2. The minimum Gasteiger partial charge on any atom is -0.150 e. The van der Waals surface area contributed by atoms with Crippen molar-refractivity contribution in [3.8, 4) is 0 Å². The predicted octanol–water partition coefficient (Wildman–Crippen LogP) is -0.0712. The molecule has 0 aliphatic carbocycles. The number of hydrogen-bond acceptors (Lipinski definition) is 3. The molecule has 0 amide bonds. The summed E-state index contributed by atoms with van der Waals surface area (Å²) in [6, 6.07) is 0. The van der Waals surface area contributed by atoms with E-state index in [-0.39, 0.29) is 9.45 Å². The molecule has 0 aromatic rings. The van der Waals surface area contributed by atoms with Crippen molar-refractivity contribution in [1.82, 2.24) is 0 Å². The lowest BCUT2D eigenvalue weighted by Gasteiger charge is -1.63. The summed E-state index contributed by atoms with van der Waals surface area (Å²) < 4.78 is 0. The predicted molar refractivity (Wildman–Crippen MR) is 30.7 cm³/mol.